The van der Waals surface area contributed by atoms with Crippen LogP contribution in [-0.2, 0) is 6.54 Å². The van der Waals surface area contributed by atoms with Crippen LogP contribution in [-0.4, -0.2) is 23.2 Å². The zero-order valence-corrected chi connectivity index (χ0v) is 11.9. The molecule has 0 bridgehead atoms. The van der Waals surface area contributed by atoms with Crippen molar-refractivity contribution in [3.8, 4) is 0 Å². The molecule has 0 amide bonds. The van der Waals surface area contributed by atoms with Crippen molar-refractivity contribution in [1.29, 1.82) is 0 Å². The van der Waals surface area contributed by atoms with Gasteiger partial charge in [0.25, 0.3) is 0 Å². The molecule has 3 rings (SSSR count). The van der Waals surface area contributed by atoms with E-state index in [2.05, 4.69) is 65.6 Å². The Balaban J connectivity index is 1.53. The third kappa shape index (κ3) is 3.62. The van der Waals surface area contributed by atoms with Gasteiger partial charge in [-0.15, -0.1) is 11.8 Å². The molecule has 1 atom stereocenters. The van der Waals surface area contributed by atoms with Crippen molar-refractivity contribution >= 4 is 11.8 Å². The third-order valence-corrected chi connectivity index (χ3v) is 4.79. The summed E-state index contributed by atoms with van der Waals surface area (Å²) in [7, 11) is 0. The summed E-state index contributed by atoms with van der Waals surface area (Å²) < 4.78 is 0. The molecule has 1 aliphatic heterocycles. The van der Waals surface area contributed by atoms with E-state index in [0.29, 0.717) is 0 Å². The highest BCUT2D eigenvalue weighted by molar-refractivity contribution is 8.00. The molecule has 0 N–H and O–H groups in total. The van der Waals surface area contributed by atoms with Gasteiger partial charge in [0.2, 0.25) is 0 Å². The van der Waals surface area contributed by atoms with E-state index in [1.165, 1.54) is 30.0 Å². The molecule has 1 heterocycles. The van der Waals surface area contributed by atoms with Gasteiger partial charge in [0.15, 0.2) is 0 Å². The third-order valence-electron chi connectivity index (χ3n) is 3.52. The monoisotopic (exact) mass is 269 g/mol. The molecule has 0 radical (unpaired) electrons. The highest BCUT2D eigenvalue weighted by atomic mass is 32.2. The average Bonchev–Trinajstić information content (AvgIpc) is 2.88. The molecule has 0 aromatic heterocycles. The Morgan fingerprint density at radius 2 is 1.63 bits per heavy atom. The quantitative estimate of drug-likeness (QED) is 0.823. The van der Waals surface area contributed by atoms with Gasteiger partial charge < -0.3 is 0 Å². The van der Waals surface area contributed by atoms with E-state index in [-0.39, 0.29) is 0 Å². The lowest BCUT2D eigenvalue weighted by atomic mass is 10.2. The summed E-state index contributed by atoms with van der Waals surface area (Å²) in [4.78, 5) is 3.96. The highest BCUT2D eigenvalue weighted by Crippen LogP contribution is 2.30. The maximum atomic E-state index is 2.57. The Hall–Kier alpha value is -1.25. The molecule has 19 heavy (non-hydrogen) atoms. The first kappa shape index (κ1) is 12.8. The van der Waals surface area contributed by atoms with Gasteiger partial charge in [-0.3, -0.25) is 4.90 Å². The molecule has 0 spiro atoms. The lowest BCUT2D eigenvalue weighted by Crippen LogP contribution is -2.20. The Bertz CT molecular complexity index is 450. The normalized spacial score (nSPS) is 19.7. The van der Waals surface area contributed by atoms with Gasteiger partial charge in [-0.05, 0) is 30.7 Å². The summed E-state index contributed by atoms with van der Waals surface area (Å²) in [5, 5.41) is 0.742. The van der Waals surface area contributed by atoms with Crippen LogP contribution in [0.5, 0.6) is 0 Å². The van der Waals surface area contributed by atoms with E-state index in [1.807, 2.05) is 11.8 Å². The van der Waals surface area contributed by atoms with Crippen molar-refractivity contribution in [1.82, 2.24) is 4.90 Å². The van der Waals surface area contributed by atoms with E-state index in [0.717, 1.165) is 11.8 Å². The fraction of sp³-hybridized carbons (Fsp3) is 0.294. The van der Waals surface area contributed by atoms with Crippen molar-refractivity contribution in [3.63, 3.8) is 0 Å². The van der Waals surface area contributed by atoms with Crippen molar-refractivity contribution < 1.29 is 0 Å². The molecular formula is C17H19NS. The first-order chi connectivity index (χ1) is 9.40. The molecular weight excluding hydrogens is 250 g/mol. The van der Waals surface area contributed by atoms with Gasteiger partial charge in [-0.2, -0.15) is 0 Å². The summed E-state index contributed by atoms with van der Waals surface area (Å²) in [5.41, 5.74) is 1.42. The van der Waals surface area contributed by atoms with Crippen LogP contribution in [0.25, 0.3) is 0 Å². The van der Waals surface area contributed by atoms with Gasteiger partial charge >= 0.3 is 0 Å². The number of thioether (sulfide) groups is 1. The van der Waals surface area contributed by atoms with Gasteiger partial charge in [0.05, 0.1) is 0 Å². The molecule has 0 aliphatic carbocycles. The van der Waals surface area contributed by atoms with E-state index >= 15 is 0 Å². The molecule has 1 saturated heterocycles. The van der Waals surface area contributed by atoms with Crippen LogP contribution in [0.4, 0.5) is 0 Å². The molecule has 98 valence electrons. The van der Waals surface area contributed by atoms with E-state index in [4.69, 9.17) is 0 Å². The van der Waals surface area contributed by atoms with E-state index in [9.17, 15) is 0 Å². The summed E-state index contributed by atoms with van der Waals surface area (Å²) >= 11 is 2.02. The lowest BCUT2D eigenvalue weighted by Gasteiger charge is -2.15. The lowest BCUT2D eigenvalue weighted by molar-refractivity contribution is 0.332. The van der Waals surface area contributed by atoms with Crippen LogP contribution >= 0.6 is 11.8 Å². The number of hydrogen-bond donors (Lipinski definition) is 0. The molecule has 1 aliphatic rings. The number of benzene rings is 2. The van der Waals surface area contributed by atoms with Gasteiger partial charge in [0.1, 0.15) is 0 Å². The van der Waals surface area contributed by atoms with Crippen LogP contribution in [0.1, 0.15) is 12.0 Å². The van der Waals surface area contributed by atoms with Crippen LogP contribution in [0.2, 0.25) is 0 Å². The minimum absolute atomic E-state index is 0.742. The first-order valence-electron chi connectivity index (χ1n) is 6.88. The highest BCUT2D eigenvalue weighted by Gasteiger charge is 2.23. The number of rotatable bonds is 4. The average molecular weight is 269 g/mol. The molecule has 1 unspecified atom stereocenters. The van der Waals surface area contributed by atoms with Crippen molar-refractivity contribution in [2.24, 2.45) is 0 Å². The Morgan fingerprint density at radius 3 is 2.37 bits per heavy atom. The Morgan fingerprint density at radius 1 is 0.947 bits per heavy atom. The second-order valence-corrected chi connectivity index (χ2v) is 6.44. The summed E-state index contributed by atoms with van der Waals surface area (Å²) in [5.74, 6) is 0. The maximum Gasteiger partial charge on any atom is 0.0234 e. The number of likely N-dealkylation sites (tertiary alicyclic amines) is 1. The number of hydrogen-bond acceptors (Lipinski definition) is 2. The first-order valence-corrected chi connectivity index (χ1v) is 7.76. The minimum atomic E-state index is 0.742. The predicted molar refractivity (Wildman–Crippen MR) is 82.4 cm³/mol. The second-order valence-electron chi connectivity index (χ2n) is 5.06. The molecule has 2 aromatic carbocycles. The van der Waals surface area contributed by atoms with E-state index < -0.39 is 0 Å². The predicted octanol–water partition coefficient (Wildman–Crippen LogP) is 4.05. The largest absolute Gasteiger partial charge is 0.298 e. The van der Waals surface area contributed by atoms with Crippen LogP contribution in [0, 0.1) is 0 Å². The maximum absolute atomic E-state index is 2.57. The zero-order valence-electron chi connectivity index (χ0n) is 11.0. The summed E-state index contributed by atoms with van der Waals surface area (Å²) in [6.45, 7) is 3.51. The second kappa shape index (κ2) is 6.27. The SMILES string of the molecule is c1ccc(CN2CCC(Sc3ccccc3)C2)cc1. The van der Waals surface area contributed by atoms with Crippen molar-refractivity contribution in [2.75, 3.05) is 13.1 Å². The molecule has 2 aromatic rings. The van der Waals surface area contributed by atoms with Gasteiger partial charge in [-0.25, -0.2) is 0 Å². The molecule has 2 heteroatoms. The van der Waals surface area contributed by atoms with Gasteiger partial charge in [0, 0.05) is 23.2 Å². The minimum Gasteiger partial charge on any atom is -0.298 e. The fourth-order valence-electron chi connectivity index (χ4n) is 2.57. The molecule has 1 fully saturated rings. The molecule has 1 nitrogen and oxygen atoms in total. The number of nitrogens with zero attached hydrogens (tertiary/aromatic N) is 1. The zero-order chi connectivity index (χ0) is 12.9. The summed E-state index contributed by atoms with van der Waals surface area (Å²) in [6, 6.07) is 21.5. The smallest absolute Gasteiger partial charge is 0.0234 e. The van der Waals surface area contributed by atoms with Crippen LogP contribution < -0.4 is 0 Å². The Kier molecular flexibility index (Phi) is 4.21. The Labute approximate surface area is 119 Å². The topological polar surface area (TPSA) is 3.24 Å². The molecule has 0 saturated carbocycles. The van der Waals surface area contributed by atoms with Crippen LogP contribution in [0.15, 0.2) is 65.6 Å². The van der Waals surface area contributed by atoms with Crippen LogP contribution in [0.3, 0.4) is 0 Å². The van der Waals surface area contributed by atoms with E-state index in [1.54, 1.807) is 0 Å². The summed E-state index contributed by atoms with van der Waals surface area (Å²) in [6.07, 6.45) is 1.30. The van der Waals surface area contributed by atoms with Crippen molar-refractivity contribution in [2.45, 2.75) is 23.1 Å². The fourth-order valence-corrected chi connectivity index (χ4v) is 3.78. The standard InChI is InChI=1S/C17H19NS/c1-3-7-15(8-4-1)13-18-12-11-17(14-18)19-16-9-5-2-6-10-16/h1-10,17H,11-14H2. The van der Waals surface area contributed by atoms with Crippen molar-refractivity contribution in [3.05, 3.63) is 66.2 Å². The van der Waals surface area contributed by atoms with Gasteiger partial charge in [-0.1, -0.05) is 48.5 Å².